The molecule has 0 unspecified atom stereocenters. The smallest absolute Gasteiger partial charge is 0.155 e. The summed E-state index contributed by atoms with van der Waals surface area (Å²) in [5.74, 6) is 1.91. The summed E-state index contributed by atoms with van der Waals surface area (Å²) in [5.41, 5.74) is 14.6. The van der Waals surface area contributed by atoms with E-state index in [0.717, 1.165) is 110 Å². The number of para-hydroxylation sites is 6. The highest BCUT2D eigenvalue weighted by atomic mass is 32.1. The second-order valence-electron chi connectivity index (χ2n) is 20.2. The third-order valence-corrected chi connectivity index (χ3v) is 18.5. The fourth-order valence-electron chi connectivity index (χ4n) is 12.8. The number of hydrogen-bond donors (Lipinski definition) is 0. The van der Waals surface area contributed by atoms with E-state index in [9.17, 15) is 0 Å². The van der Waals surface area contributed by atoms with E-state index < -0.39 is 0 Å². The van der Waals surface area contributed by atoms with Crippen molar-refractivity contribution in [2.45, 2.75) is 0 Å². The second kappa shape index (κ2) is 15.8. The maximum atomic E-state index is 5.47. The SMILES string of the molecule is c1ccc2c(c1)c1ccccc1n2-c1nccc2c1sc1ccc(-n3c4ccccc4c4nc(-c5ccc6c(n5)c5ccccc5n6-c5ccc6sc7c(-n8c9ccccc9c9ccccc98)nccc7c6c5)ccc43)cc12. The Labute approximate surface area is 451 Å². The lowest BCUT2D eigenvalue weighted by Crippen LogP contribution is -1.97. The van der Waals surface area contributed by atoms with Gasteiger partial charge >= 0.3 is 0 Å². The molecule has 10 heterocycles. The first kappa shape index (κ1) is 42.2. The largest absolute Gasteiger partial charge is 0.308 e. The van der Waals surface area contributed by atoms with Crippen LogP contribution in [-0.2, 0) is 0 Å². The summed E-state index contributed by atoms with van der Waals surface area (Å²) >= 11 is 3.61. The quantitative estimate of drug-likeness (QED) is 0.172. The summed E-state index contributed by atoms with van der Waals surface area (Å²) < 4.78 is 14.1. The van der Waals surface area contributed by atoms with Crippen LogP contribution in [0.2, 0.25) is 0 Å². The number of aromatic nitrogens is 8. The van der Waals surface area contributed by atoms with Crippen LogP contribution in [0.25, 0.3) is 162 Å². The molecule has 18 aromatic rings. The molecule has 0 bridgehead atoms. The molecule has 0 atom stereocenters. The Morgan fingerprint density at radius 2 is 0.615 bits per heavy atom. The van der Waals surface area contributed by atoms with Crippen LogP contribution >= 0.6 is 22.7 Å². The number of nitrogens with zero attached hydrogens (tertiary/aromatic N) is 8. The molecule has 0 spiro atoms. The van der Waals surface area contributed by atoms with Crippen LogP contribution < -0.4 is 0 Å². The second-order valence-corrected chi connectivity index (χ2v) is 22.3. The molecule has 0 aliphatic carbocycles. The molecule has 10 heteroatoms. The predicted octanol–water partition coefficient (Wildman–Crippen LogP) is 18.1. The zero-order valence-corrected chi connectivity index (χ0v) is 43.0. The third-order valence-electron chi connectivity index (χ3n) is 16.1. The van der Waals surface area contributed by atoms with Gasteiger partial charge in [-0.2, -0.15) is 0 Å². The van der Waals surface area contributed by atoms with Crippen molar-refractivity contribution < 1.29 is 0 Å². The van der Waals surface area contributed by atoms with Crippen molar-refractivity contribution in [3.63, 3.8) is 0 Å². The molecule has 8 aromatic carbocycles. The Balaban J connectivity index is 0.752. The van der Waals surface area contributed by atoms with Gasteiger partial charge in [-0.15, -0.1) is 22.7 Å². The number of benzene rings is 8. The van der Waals surface area contributed by atoms with Gasteiger partial charge in [0, 0.05) is 87.0 Å². The number of fused-ring (bicyclic) bond motifs is 18. The highest BCUT2D eigenvalue weighted by molar-refractivity contribution is 7.26. The number of pyridine rings is 4. The first-order valence-corrected chi connectivity index (χ1v) is 27.7. The van der Waals surface area contributed by atoms with Crippen LogP contribution in [0.4, 0.5) is 0 Å². The van der Waals surface area contributed by atoms with Gasteiger partial charge in [-0.1, -0.05) is 109 Å². The average molecular weight is 1030 g/mol. The Morgan fingerprint density at radius 3 is 1.00 bits per heavy atom. The predicted molar refractivity (Wildman–Crippen MR) is 326 cm³/mol. The van der Waals surface area contributed by atoms with Crippen molar-refractivity contribution in [3.05, 3.63) is 231 Å². The van der Waals surface area contributed by atoms with E-state index in [2.05, 4.69) is 237 Å². The van der Waals surface area contributed by atoms with Crippen LogP contribution in [-0.4, -0.2) is 38.2 Å². The van der Waals surface area contributed by atoms with Crippen molar-refractivity contribution in [2.75, 3.05) is 0 Å². The summed E-state index contributed by atoms with van der Waals surface area (Å²) in [4.78, 5) is 21.1. The molecule has 78 heavy (non-hydrogen) atoms. The minimum Gasteiger partial charge on any atom is -0.308 e. The zero-order valence-electron chi connectivity index (χ0n) is 41.3. The molecule has 0 aliphatic rings. The van der Waals surface area contributed by atoms with Gasteiger partial charge in [-0.25, -0.2) is 19.9 Å². The Hall–Kier alpha value is -10.0. The summed E-state index contributed by atoms with van der Waals surface area (Å²) in [6.45, 7) is 0. The number of rotatable bonds is 5. The van der Waals surface area contributed by atoms with Gasteiger partial charge in [0.05, 0.1) is 76.0 Å². The summed E-state index contributed by atoms with van der Waals surface area (Å²) in [7, 11) is 0. The molecular weight excluding hydrogens is 993 g/mol. The standard InChI is InChI=1S/C68H38N8S2/c1-7-19-53-41(13-1)42-14-2-8-20-54(42)75(53)67-65-45(33-35-69-67)49-37-39(25-31-61(49)77-65)73-57-23-11-5-17-47(57)63-59(73)29-27-51(71-63)52-28-30-60-64(72-52)48-18-6-12-24-58(48)74(60)40-26-32-62-50(38-40)46-34-36-70-68(66(46)78-62)76-55-21-9-3-15-43(55)44-16-4-10-22-56(44)76/h1-38H. The molecule has 0 saturated heterocycles. The van der Waals surface area contributed by atoms with Gasteiger partial charge in [0.1, 0.15) is 0 Å². The van der Waals surface area contributed by atoms with Gasteiger partial charge in [0.2, 0.25) is 0 Å². The van der Waals surface area contributed by atoms with E-state index in [1.165, 1.54) is 52.5 Å². The lowest BCUT2D eigenvalue weighted by Gasteiger charge is -2.09. The topological polar surface area (TPSA) is 71.3 Å². The molecule has 0 N–H and O–H groups in total. The molecule has 0 amide bonds. The summed E-state index contributed by atoms with van der Waals surface area (Å²) in [6, 6.07) is 78.5. The average Bonchev–Trinajstić information content (AvgIpc) is 4.55. The maximum absolute atomic E-state index is 5.47. The van der Waals surface area contributed by atoms with Crippen LogP contribution in [0.1, 0.15) is 0 Å². The molecule has 0 aliphatic heterocycles. The van der Waals surface area contributed by atoms with Crippen molar-refractivity contribution in [1.29, 1.82) is 0 Å². The summed E-state index contributed by atoms with van der Waals surface area (Å²) in [6.07, 6.45) is 3.92. The fourth-order valence-corrected chi connectivity index (χ4v) is 15.1. The van der Waals surface area contributed by atoms with Crippen LogP contribution in [0.15, 0.2) is 231 Å². The van der Waals surface area contributed by atoms with E-state index in [4.69, 9.17) is 19.9 Å². The van der Waals surface area contributed by atoms with Crippen LogP contribution in [0.3, 0.4) is 0 Å². The van der Waals surface area contributed by atoms with Crippen molar-refractivity contribution in [1.82, 2.24) is 38.2 Å². The van der Waals surface area contributed by atoms with Crippen molar-refractivity contribution >= 4 is 151 Å². The summed E-state index contributed by atoms with van der Waals surface area (Å²) in [5, 5.41) is 11.9. The van der Waals surface area contributed by atoms with Gasteiger partial charge < -0.3 is 9.13 Å². The van der Waals surface area contributed by atoms with E-state index in [0.29, 0.717) is 0 Å². The normalized spacial score (nSPS) is 12.4. The molecule has 362 valence electrons. The Kier molecular flexibility index (Phi) is 8.55. The van der Waals surface area contributed by atoms with Crippen molar-refractivity contribution in [2.24, 2.45) is 0 Å². The van der Waals surface area contributed by atoms with E-state index >= 15 is 0 Å². The molecule has 0 saturated carbocycles. The van der Waals surface area contributed by atoms with Crippen molar-refractivity contribution in [3.8, 4) is 34.4 Å². The minimum atomic E-state index is 0.826. The molecule has 10 aromatic heterocycles. The number of hydrogen-bond acceptors (Lipinski definition) is 6. The Morgan fingerprint density at radius 1 is 0.269 bits per heavy atom. The molecule has 0 fully saturated rings. The van der Waals surface area contributed by atoms with Gasteiger partial charge in [0.15, 0.2) is 11.6 Å². The lowest BCUT2D eigenvalue weighted by molar-refractivity contribution is 1.10. The highest BCUT2D eigenvalue weighted by Gasteiger charge is 2.23. The van der Waals surface area contributed by atoms with Gasteiger partial charge in [-0.05, 0) is 109 Å². The highest BCUT2D eigenvalue weighted by Crippen LogP contribution is 2.44. The Bertz CT molecular complexity index is 5160. The fraction of sp³-hybridized carbons (Fsp3) is 0. The van der Waals surface area contributed by atoms with E-state index in [1.807, 2.05) is 12.4 Å². The van der Waals surface area contributed by atoms with E-state index in [-0.39, 0.29) is 0 Å². The monoisotopic (exact) mass is 1030 g/mol. The zero-order chi connectivity index (χ0) is 50.7. The van der Waals surface area contributed by atoms with Crippen LogP contribution in [0, 0.1) is 0 Å². The lowest BCUT2D eigenvalue weighted by atomic mass is 10.1. The maximum Gasteiger partial charge on any atom is 0.155 e. The van der Waals surface area contributed by atoms with Gasteiger partial charge in [0.25, 0.3) is 0 Å². The first-order chi connectivity index (χ1) is 38.7. The molecule has 18 rings (SSSR count). The van der Waals surface area contributed by atoms with Gasteiger partial charge in [-0.3, -0.25) is 9.13 Å². The van der Waals surface area contributed by atoms with E-state index in [1.54, 1.807) is 22.7 Å². The molecule has 0 radical (unpaired) electrons. The third kappa shape index (κ3) is 5.76. The number of thiophene rings is 2. The first-order valence-electron chi connectivity index (χ1n) is 26.1. The molecular formula is C68H38N8S2. The van der Waals surface area contributed by atoms with Crippen LogP contribution in [0.5, 0.6) is 0 Å². The minimum absolute atomic E-state index is 0.826. The molecule has 8 nitrogen and oxygen atoms in total.